The Hall–Kier alpha value is -0.570. The van der Waals surface area contributed by atoms with Crippen molar-refractivity contribution in [1.29, 1.82) is 0 Å². The fraction of sp³-hybridized carbons (Fsp3) is 0.938. The van der Waals surface area contributed by atoms with E-state index >= 15 is 0 Å². The number of hydrogen-bond donors (Lipinski definition) is 1. The summed E-state index contributed by atoms with van der Waals surface area (Å²) in [6, 6.07) is 0. The molecule has 2 N–H and O–H groups in total. The van der Waals surface area contributed by atoms with Crippen LogP contribution in [0.4, 0.5) is 0 Å². The average molecular weight is 269 g/mol. The van der Waals surface area contributed by atoms with E-state index in [2.05, 4.69) is 34.6 Å². The summed E-state index contributed by atoms with van der Waals surface area (Å²) < 4.78 is 5.69. The number of hydrogen-bond acceptors (Lipinski definition) is 3. The first-order valence-electron chi connectivity index (χ1n) is 7.63. The fourth-order valence-corrected chi connectivity index (χ4v) is 2.87. The smallest absolute Gasteiger partial charge is 0.310 e. The maximum absolute atomic E-state index is 12.2. The molecule has 3 heteroatoms. The van der Waals surface area contributed by atoms with Crippen LogP contribution in [-0.4, -0.2) is 18.6 Å². The summed E-state index contributed by atoms with van der Waals surface area (Å²) in [4.78, 5) is 12.2. The summed E-state index contributed by atoms with van der Waals surface area (Å²) in [5.41, 5.74) is 5.84. The number of carbonyl (C=O) groups excluding carboxylic acids is 1. The van der Waals surface area contributed by atoms with E-state index in [1.807, 2.05) is 0 Å². The van der Waals surface area contributed by atoms with Gasteiger partial charge in [0.05, 0.1) is 5.92 Å². The maximum atomic E-state index is 12.2. The van der Waals surface area contributed by atoms with E-state index in [1.54, 1.807) is 0 Å². The molecule has 112 valence electrons. The van der Waals surface area contributed by atoms with Gasteiger partial charge in [-0.2, -0.15) is 0 Å². The van der Waals surface area contributed by atoms with Gasteiger partial charge in [-0.25, -0.2) is 0 Å². The molecule has 1 aliphatic carbocycles. The first kappa shape index (κ1) is 16.5. The third-order valence-electron chi connectivity index (χ3n) is 4.31. The Morgan fingerprint density at radius 3 is 2.37 bits per heavy atom. The van der Waals surface area contributed by atoms with Crippen molar-refractivity contribution in [2.75, 3.05) is 6.54 Å². The molecule has 0 aromatic rings. The minimum Gasteiger partial charge on any atom is -0.462 e. The van der Waals surface area contributed by atoms with Gasteiger partial charge in [0.25, 0.3) is 0 Å². The van der Waals surface area contributed by atoms with Gasteiger partial charge in [0.1, 0.15) is 6.10 Å². The Balaban J connectivity index is 2.49. The van der Waals surface area contributed by atoms with Crippen LogP contribution in [-0.2, 0) is 9.53 Å². The van der Waals surface area contributed by atoms with Crippen LogP contribution in [0.15, 0.2) is 0 Å². The van der Waals surface area contributed by atoms with Gasteiger partial charge in [-0.3, -0.25) is 4.79 Å². The molecule has 1 aliphatic rings. The average Bonchev–Trinajstić information content (AvgIpc) is 2.29. The first-order valence-corrected chi connectivity index (χ1v) is 7.63. The normalized spacial score (nSPS) is 29.9. The molecule has 4 unspecified atom stereocenters. The number of carbonyl (C=O) groups is 1. The summed E-state index contributed by atoms with van der Waals surface area (Å²) in [5, 5.41) is 0. The zero-order chi connectivity index (χ0) is 14.6. The second-order valence-electron chi connectivity index (χ2n) is 7.52. The van der Waals surface area contributed by atoms with Crippen molar-refractivity contribution in [3.63, 3.8) is 0 Å². The van der Waals surface area contributed by atoms with Crippen LogP contribution in [0, 0.1) is 23.2 Å². The Labute approximate surface area is 118 Å². The van der Waals surface area contributed by atoms with Crippen LogP contribution < -0.4 is 5.73 Å². The van der Waals surface area contributed by atoms with Gasteiger partial charge in [0, 0.05) is 6.54 Å². The highest BCUT2D eigenvalue weighted by Crippen LogP contribution is 2.32. The Kier molecular flexibility index (Phi) is 5.84. The second-order valence-corrected chi connectivity index (χ2v) is 7.52. The van der Waals surface area contributed by atoms with E-state index in [9.17, 15) is 4.79 Å². The quantitative estimate of drug-likeness (QED) is 0.796. The molecule has 0 spiro atoms. The SMILES string of the molecule is CC1CCC(OC(=O)C(CN)CC(C)(C)C)CC1C. The summed E-state index contributed by atoms with van der Waals surface area (Å²) in [5.74, 6) is 1.14. The van der Waals surface area contributed by atoms with Crippen LogP contribution in [0.1, 0.15) is 60.3 Å². The molecule has 1 saturated carbocycles. The van der Waals surface area contributed by atoms with Gasteiger partial charge in [-0.05, 0) is 42.9 Å². The third kappa shape index (κ3) is 5.52. The molecule has 4 atom stereocenters. The molecule has 1 fully saturated rings. The third-order valence-corrected chi connectivity index (χ3v) is 4.31. The second kappa shape index (κ2) is 6.74. The first-order chi connectivity index (χ1) is 8.73. The van der Waals surface area contributed by atoms with Crippen molar-refractivity contribution in [3.8, 4) is 0 Å². The monoisotopic (exact) mass is 269 g/mol. The molecule has 0 amide bonds. The van der Waals surface area contributed by atoms with Crippen molar-refractivity contribution >= 4 is 5.97 Å². The Morgan fingerprint density at radius 1 is 1.26 bits per heavy atom. The van der Waals surface area contributed by atoms with Crippen LogP contribution in [0.3, 0.4) is 0 Å². The number of rotatable bonds is 4. The summed E-state index contributed by atoms with van der Waals surface area (Å²) in [6.07, 6.45) is 4.06. The van der Waals surface area contributed by atoms with Gasteiger partial charge in [0.2, 0.25) is 0 Å². The highest BCUT2D eigenvalue weighted by atomic mass is 16.5. The molecule has 1 rings (SSSR count). The van der Waals surface area contributed by atoms with Crippen LogP contribution in [0.5, 0.6) is 0 Å². The van der Waals surface area contributed by atoms with E-state index < -0.39 is 0 Å². The molecule has 0 bridgehead atoms. The zero-order valence-electron chi connectivity index (χ0n) is 13.2. The van der Waals surface area contributed by atoms with Crippen LogP contribution in [0.2, 0.25) is 0 Å². The predicted octanol–water partition coefficient (Wildman–Crippen LogP) is 3.37. The zero-order valence-corrected chi connectivity index (χ0v) is 13.2. The summed E-state index contributed by atoms with van der Waals surface area (Å²) in [6.45, 7) is 11.3. The predicted molar refractivity (Wildman–Crippen MR) is 78.7 cm³/mol. The number of ether oxygens (including phenoxy) is 1. The van der Waals surface area contributed by atoms with Crippen LogP contribution >= 0.6 is 0 Å². The van der Waals surface area contributed by atoms with Crippen molar-refractivity contribution in [2.45, 2.75) is 66.4 Å². The molecule has 0 aromatic heterocycles. The van der Waals surface area contributed by atoms with E-state index in [1.165, 1.54) is 0 Å². The highest BCUT2D eigenvalue weighted by molar-refractivity contribution is 5.73. The molecule has 3 nitrogen and oxygen atoms in total. The Morgan fingerprint density at radius 2 is 1.89 bits per heavy atom. The largest absolute Gasteiger partial charge is 0.462 e. The van der Waals surface area contributed by atoms with E-state index in [0.717, 1.165) is 31.6 Å². The molecule has 0 saturated heterocycles. The van der Waals surface area contributed by atoms with Crippen LogP contribution in [0.25, 0.3) is 0 Å². The van der Waals surface area contributed by atoms with E-state index in [0.29, 0.717) is 12.5 Å². The van der Waals surface area contributed by atoms with E-state index in [4.69, 9.17) is 10.5 Å². The fourth-order valence-electron chi connectivity index (χ4n) is 2.87. The van der Waals surface area contributed by atoms with E-state index in [-0.39, 0.29) is 23.4 Å². The van der Waals surface area contributed by atoms with Crippen molar-refractivity contribution in [1.82, 2.24) is 0 Å². The molecule has 0 aliphatic heterocycles. The molecule has 0 aromatic carbocycles. The lowest BCUT2D eigenvalue weighted by Crippen LogP contribution is -2.35. The lowest BCUT2D eigenvalue weighted by molar-refractivity contribution is -0.157. The van der Waals surface area contributed by atoms with Gasteiger partial charge in [0.15, 0.2) is 0 Å². The number of nitrogens with two attached hydrogens (primary N) is 1. The lowest BCUT2D eigenvalue weighted by Gasteiger charge is -2.33. The maximum Gasteiger partial charge on any atom is 0.310 e. The molecular weight excluding hydrogens is 238 g/mol. The highest BCUT2D eigenvalue weighted by Gasteiger charge is 2.30. The lowest BCUT2D eigenvalue weighted by atomic mass is 9.80. The van der Waals surface area contributed by atoms with Crippen molar-refractivity contribution < 1.29 is 9.53 Å². The molecular formula is C16H31NO2. The summed E-state index contributed by atoms with van der Waals surface area (Å²) >= 11 is 0. The van der Waals surface area contributed by atoms with Gasteiger partial charge in [-0.15, -0.1) is 0 Å². The standard InChI is InChI=1S/C16H31NO2/c1-11-6-7-14(8-12(11)2)19-15(18)13(10-17)9-16(3,4)5/h11-14H,6-10,17H2,1-5H3. The topological polar surface area (TPSA) is 52.3 Å². The summed E-state index contributed by atoms with van der Waals surface area (Å²) in [7, 11) is 0. The molecule has 0 radical (unpaired) electrons. The molecule has 0 heterocycles. The van der Waals surface area contributed by atoms with Gasteiger partial charge in [-0.1, -0.05) is 34.6 Å². The van der Waals surface area contributed by atoms with Crippen molar-refractivity contribution in [3.05, 3.63) is 0 Å². The van der Waals surface area contributed by atoms with Crippen molar-refractivity contribution in [2.24, 2.45) is 28.9 Å². The number of esters is 1. The minimum absolute atomic E-state index is 0.0934. The molecule has 19 heavy (non-hydrogen) atoms. The van der Waals surface area contributed by atoms with Gasteiger partial charge >= 0.3 is 5.97 Å². The van der Waals surface area contributed by atoms with Gasteiger partial charge < -0.3 is 10.5 Å². The Bertz CT molecular complexity index is 296. The minimum atomic E-state index is -0.158.